The van der Waals surface area contributed by atoms with Gasteiger partial charge >= 0.3 is 12.5 Å². The predicted octanol–water partition coefficient (Wildman–Crippen LogP) is 5.25. The number of nitrogens with one attached hydrogen (secondary N) is 1. The highest BCUT2D eigenvalue weighted by Gasteiger charge is 2.44. The van der Waals surface area contributed by atoms with E-state index in [1.54, 1.807) is 6.07 Å². The zero-order valence-corrected chi connectivity index (χ0v) is 17.4. The van der Waals surface area contributed by atoms with Crippen LogP contribution in [-0.2, 0) is 0 Å². The van der Waals surface area contributed by atoms with Crippen LogP contribution >= 0.6 is 11.3 Å². The van der Waals surface area contributed by atoms with Crippen molar-refractivity contribution in [2.45, 2.75) is 19.0 Å². The van der Waals surface area contributed by atoms with Gasteiger partial charge in [-0.15, -0.1) is 0 Å². The molecule has 2 aromatic carbocycles. The number of halogens is 5. The number of hydrogen-bond acceptors (Lipinski definition) is 5. The average molecular weight is 471 g/mol. The summed E-state index contributed by atoms with van der Waals surface area (Å²) in [6.45, 7) is 1.24. The van der Waals surface area contributed by atoms with Gasteiger partial charge in [-0.2, -0.15) is 17.6 Å². The van der Waals surface area contributed by atoms with E-state index in [4.69, 9.17) is 0 Å². The molecule has 1 unspecified atom stereocenters. The first-order chi connectivity index (χ1) is 15.2. The molecule has 2 heterocycles. The molecule has 0 spiro atoms. The molecule has 170 valence electrons. The van der Waals surface area contributed by atoms with Crippen LogP contribution in [0.4, 0.5) is 27.1 Å². The number of fused-ring (bicyclic) bond motifs is 1. The average Bonchev–Trinajstić information content (AvgIpc) is 3.38. The Kier molecular flexibility index (Phi) is 6.18. The summed E-state index contributed by atoms with van der Waals surface area (Å²) >= 11 is 1.32. The molecule has 1 aliphatic rings. The fraction of sp³-hybridized carbons (Fsp3) is 0.333. The number of hydrogen-bond donors (Lipinski definition) is 1. The van der Waals surface area contributed by atoms with Gasteiger partial charge in [0, 0.05) is 19.6 Å². The monoisotopic (exact) mass is 471 g/mol. The van der Waals surface area contributed by atoms with E-state index in [-0.39, 0.29) is 17.3 Å². The fourth-order valence-electron chi connectivity index (χ4n) is 3.48. The molecular weight excluding hydrogens is 453 g/mol. The number of thiazole rings is 1. The Morgan fingerprint density at radius 3 is 2.84 bits per heavy atom. The molecule has 4 rings (SSSR count). The Morgan fingerprint density at radius 1 is 1.28 bits per heavy atom. The summed E-state index contributed by atoms with van der Waals surface area (Å²) in [4.78, 5) is 18.7. The lowest BCUT2D eigenvalue weighted by Crippen LogP contribution is -2.35. The zero-order chi connectivity index (χ0) is 22.9. The minimum atomic E-state index is -4.70. The smallest absolute Gasteiger partial charge is 0.427 e. The summed E-state index contributed by atoms with van der Waals surface area (Å²) in [5, 5.41) is 3.82. The minimum Gasteiger partial charge on any atom is -0.427 e. The first-order valence-corrected chi connectivity index (χ1v) is 10.6. The maximum absolute atomic E-state index is 13.3. The SMILES string of the molecule is O=C(c1ccccc1OC(F)(F)C(F)F)N1CCC(CNc2nc3ccc(F)cc3s2)C1. The number of para-hydroxylation sites is 1. The number of likely N-dealkylation sites (tertiary alicyclic amines) is 1. The van der Waals surface area contributed by atoms with Gasteiger partial charge in [-0.1, -0.05) is 23.5 Å². The van der Waals surface area contributed by atoms with E-state index < -0.39 is 24.2 Å². The van der Waals surface area contributed by atoms with Crippen LogP contribution in [0.15, 0.2) is 42.5 Å². The maximum atomic E-state index is 13.3. The molecule has 1 aliphatic heterocycles. The quantitative estimate of drug-likeness (QED) is 0.479. The number of carbonyl (C=O) groups excluding carboxylic acids is 1. The van der Waals surface area contributed by atoms with Crippen LogP contribution in [0.1, 0.15) is 16.8 Å². The van der Waals surface area contributed by atoms with Crippen molar-refractivity contribution in [2.24, 2.45) is 5.92 Å². The van der Waals surface area contributed by atoms with Crippen molar-refractivity contribution in [3.63, 3.8) is 0 Å². The third kappa shape index (κ3) is 4.77. The van der Waals surface area contributed by atoms with Crippen molar-refractivity contribution >= 4 is 32.6 Å². The Balaban J connectivity index is 1.38. The number of carbonyl (C=O) groups is 1. The molecule has 1 aromatic heterocycles. The standard InChI is InChI=1S/C21H18F5N3O2S/c22-13-5-6-15-17(9-13)32-20(28-15)27-10-12-7-8-29(11-12)18(30)14-3-1-2-4-16(14)31-21(25,26)19(23)24/h1-6,9,12,19H,7-8,10-11H2,(H,27,28). The van der Waals surface area contributed by atoms with Crippen LogP contribution < -0.4 is 10.1 Å². The van der Waals surface area contributed by atoms with Crippen molar-refractivity contribution in [3.05, 3.63) is 53.8 Å². The van der Waals surface area contributed by atoms with E-state index in [1.165, 1.54) is 46.6 Å². The number of anilines is 1. The van der Waals surface area contributed by atoms with Crippen molar-refractivity contribution in [1.29, 1.82) is 0 Å². The highest BCUT2D eigenvalue weighted by Crippen LogP contribution is 2.32. The largest absolute Gasteiger partial charge is 0.461 e. The van der Waals surface area contributed by atoms with E-state index in [2.05, 4.69) is 15.0 Å². The van der Waals surface area contributed by atoms with Crippen LogP contribution in [-0.4, -0.2) is 48.0 Å². The number of nitrogens with zero attached hydrogens (tertiary/aromatic N) is 2. The zero-order valence-electron chi connectivity index (χ0n) is 16.5. The summed E-state index contributed by atoms with van der Waals surface area (Å²) in [5.74, 6) is -1.43. The molecule has 11 heteroatoms. The van der Waals surface area contributed by atoms with Gasteiger partial charge in [0.15, 0.2) is 5.13 Å². The summed E-state index contributed by atoms with van der Waals surface area (Å²) in [6, 6.07) is 9.45. The van der Waals surface area contributed by atoms with Gasteiger partial charge in [0.2, 0.25) is 0 Å². The van der Waals surface area contributed by atoms with Crippen LogP contribution in [0.2, 0.25) is 0 Å². The first kappa shape index (κ1) is 22.3. The Labute approximate surface area is 183 Å². The number of benzene rings is 2. The second-order valence-corrected chi connectivity index (χ2v) is 8.41. The Hall–Kier alpha value is -2.95. The molecule has 0 aliphatic carbocycles. The summed E-state index contributed by atoms with van der Waals surface area (Å²) < 4.78 is 69.9. The molecule has 1 fully saturated rings. The predicted molar refractivity (Wildman–Crippen MR) is 110 cm³/mol. The molecule has 1 N–H and O–H groups in total. The van der Waals surface area contributed by atoms with Crippen LogP contribution in [0.3, 0.4) is 0 Å². The lowest BCUT2D eigenvalue weighted by Gasteiger charge is -2.21. The molecule has 1 amide bonds. The van der Waals surface area contributed by atoms with E-state index >= 15 is 0 Å². The van der Waals surface area contributed by atoms with Crippen molar-refractivity contribution in [2.75, 3.05) is 25.0 Å². The van der Waals surface area contributed by atoms with Gasteiger partial charge in [-0.05, 0) is 42.7 Å². The Morgan fingerprint density at radius 2 is 2.06 bits per heavy atom. The summed E-state index contributed by atoms with van der Waals surface area (Å²) in [5.41, 5.74) is 0.481. The topological polar surface area (TPSA) is 54.5 Å². The van der Waals surface area contributed by atoms with E-state index in [0.29, 0.717) is 41.4 Å². The fourth-order valence-corrected chi connectivity index (χ4v) is 4.38. The molecule has 32 heavy (non-hydrogen) atoms. The second kappa shape index (κ2) is 8.89. The Bertz CT molecular complexity index is 1120. The number of ether oxygens (including phenoxy) is 1. The third-order valence-corrected chi connectivity index (χ3v) is 6.06. The number of amides is 1. The van der Waals surface area contributed by atoms with Gasteiger partial charge in [0.1, 0.15) is 11.6 Å². The van der Waals surface area contributed by atoms with Gasteiger partial charge in [0.25, 0.3) is 5.91 Å². The van der Waals surface area contributed by atoms with Crippen LogP contribution in [0.25, 0.3) is 10.2 Å². The number of aromatic nitrogens is 1. The second-order valence-electron chi connectivity index (χ2n) is 7.38. The number of alkyl halides is 4. The molecule has 0 radical (unpaired) electrons. The van der Waals surface area contributed by atoms with Gasteiger partial charge in [-0.3, -0.25) is 4.79 Å². The third-order valence-electron chi connectivity index (χ3n) is 5.08. The lowest BCUT2D eigenvalue weighted by atomic mass is 10.1. The highest BCUT2D eigenvalue weighted by atomic mass is 32.1. The van der Waals surface area contributed by atoms with Gasteiger partial charge in [0.05, 0.1) is 15.8 Å². The summed E-state index contributed by atoms with van der Waals surface area (Å²) in [6.07, 6.45) is -8.06. The molecule has 1 atom stereocenters. The maximum Gasteiger partial charge on any atom is 0.461 e. The van der Waals surface area contributed by atoms with E-state index in [9.17, 15) is 26.7 Å². The van der Waals surface area contributed by atoms with Gasteiger partial charge < -0.3 is 15.0 Å². The molecule has 3 aromatic rings. The molecule has 1 saturated heterocycles. The van der Waals surface area contributed by atoms with Crippen molar-refractivity contribution in [3.8, 4) is 5.75 Å². The number of rotatable bonds is 7. The van der Waals surface area contributed by atoms with Crippen LogP contribution in [0, 0.1) is 11.7 Å². The first-order valence-electron chi connectivity index (χ1n) is 9.76. The van der Waals surface area contributed by atoms with Crippen molar-refractivity contribution in [1.82, 2.24) is 9.88 Å². The lowest BCUT2D eigenvalue weighted by molar-refractivity contribution is -0.253. The highest BCUT2D eigenvalue weighted by molar-refractivity contribution is 7.22. The van der Waals surface area contributed by atoms with Crippen molar-refractivity contribution < 1.29 is 31.5 Å². The molecule has 0 bridgehead atoms. The molecule has 5 nitrogen and oxygen atoms in total. The molecule has 0 saturated carbocycles. The normalized spacial score (nSPS) is 16.7. The minimum absolute atomic E-state index is 0.0679. The molecular formula is C21H18F5N3O2S. The van der Waals surface area contributed by atoms with Gasteiger partial charge in [-0.25, -0.2) is 9.37 Å². The van der Waals surface area contributed by atoms with E-state index in [1.807, 2.05) is 0 Å². The van der Waals surface area contributed by atoms with E-state index in [0.717, 1.165) is 6.07 Å². The summed E-state index contributed by atoms with van der Waals surface area (Å²) in [7, 11) is 0. The van der Waals surface area contributed by atoms with Crippen LogP contribution in [0.5, 0.6) is 5.75 Å².